The largest absolute Gasteiger partial charge is 0.493 e. The zero-order valence-electron chi connectivity index (χ0n) is 22.3. The number of ether oxygens (including phenoxy) is 4. The van der Waals surface area contributed by atoms with E-state index >= 15 is 0 Å². The summed E-state index contributed by atoms with van der Waals surface area (Å²) in [4.78, 5) is 12.4. The summed E-state index contributed by atoms with van der Waals surface area (Å²) in [6.45, 7) is 0.00909. The van der Waals surface area contributed by atoms with Crippen LogP contribution in [0, 0.1) is 17.1 Å². The van der Waals surface area contributed by atoms with Crippen LogP contribution in [0.5, 0.6) is 23.0 Å². The van der Waals surface area contributed by atoms with Gasteiger partial charge in [-0.3, -0.25) is 0 Å². The molecule has 1 aliphatic heterocycles. The lowest BCUT2D eigenvalue weighted by Gasteiger charge is -2.27. The first-order valence-corrected chi connectivity index (χ1v) is 13.1. The quantitative estimate of drug-likeness (QED) is 0.137. The second-order valence-corrected chi connectivity index (χ2v) is 9.66. The first kappa shape index (κ1) is 28.3. The summed E-state index contributed by atoms with van der Waals surface area (Å²) in [5.41, 5.74) is 8.87. The average Bonchev–Trinajstić information content (AvgIpc) is 2.99. The molecule has 1 aliphatic rings. The fraction of sp³-hybridized carbons (Fsp3) is 0.0909. The van der Waals surface area contributed by atoms with Crippen molar-refractivity contribution in [3.8, 4) is 29.1 Å². The van der Waals surface area contributed by atoms with Crippen LogP contribution in [-0.4, -0.2) is 13.1 Å². The SMILES string of the molecule is COc1cc(C2C(C#N)=C(N)Oc3cc(OC(=O)/C=C/c4ccc(Cl)cc4)ccc32)ccc1OCc1ccccc1F. The number of hydrogen-bond acceptors (Lipinski definition) is 7. The Morgan fingerprint density at radius 3 is 2.60 bits per heavy atom. The molecule has 5 rings (SSSR count). The highest BCUT2D eigenvalue weighted by Gasteiger charge is 2.31. The lowest BCUT2D eigenvalue weighted by Crippen LogP contribution is -2.21. The van der Waals surface area contributed by atoms with E-state index in [0.717, 1.165) is 5.56 Å². The van der Waals surface area contributed by atoms with Crippen molar-refractivity contribution in [1.29, 1.82) is 5.26 Å². The summed E-state index contributed by atoms with van der Waals surface area (Å²) in [6, 6.07) is 25.6. The van der Waals surface area contributed by atoms with Crippen LogP contribution < -0.4 is 24.7 Å². The number of hydrogen-bond donors (Lipinski definition) is 1. The monoisotopic (exact) mass is 582 g/mol. The van der Waals surface area contributed by atoms with E-state index in [0.29, 0.717) is 39.0 Å². The maximum Gasteiger partial charge on any atom is 0.336 e. The number of esters is 1. The van der Waals surface area contributed by atoms with Gasteiger partial charge in [0, 0.05) is 28.3 Å². The standard InChI is InChI=1S/C33H24ClFN2O5/c1-39-30-16-21(9-14-28(30)40-19-22-4-2-3-5-27(22)35)32-25-13-12-24(17-29(25)42-33(37)26(32)18-36)41-31(38)15-8-20-6-10-23(34)11-7-20/h2-17,32H,19,37H2,1H3/b15-8+. The van der Waals surface area contributed by atoms with Crippen LogP contribution >= 0.6 is 11.6 Å². The Kier molecular flexibility index (Phi) is 8.42. The summed E-state index contributed by atoms with van der Waals surface area (Å²) >= 11 is 5.90. The zero-order chi connectivity index (χ0) is 29.6. The minimum absolute atomic E-state index is 0.00909. The Morgan fingerprint density at radius 2 is 1.86 bits per heavy atom. The summed E-state index contributed by atoms with van der Waals surface area (Å²) in [5.74, 6) is -0.249. The molecule has 0 saturated heterocycles. The van der Waals surface area contributed by atoms with Crippen molar-refractivity contribution in [2.24, 2.45) is 5.73 Å². The third kappa shape index (κ3) is 6.22. The third-order valence-corrected chi connectivity index (χ3v) is 6.80. The van der Waals surface area contributed by atoms with Crippen molar-refractivity contribution in [2.45, 2.75) is 12.5 Å². The second-order valence-electron chi connectivity index (χ2n) is 9.22. The van der Waals surface area contributed by atoms with E-state index in [2.05, 4.69) is 6.07 Å². The van der Waals surface area contributed by atoms with Gasteiger partial charge in [0.2, 0.25) is 5.88 Å². The van der Waals surface area contributed by atoms with Crippen LogP contribution in [0.4, 0.5) is 4.39 Å². The van der Waals surface area contributed by atoms with Crippen LogP contribution in [0.3, 0.4) is 0 Å². The minimum Gasteiger partial charge on any atom is -0.493 e. The molecule has 2 N–H and O–H groups in total. The van der Waals surface area contributed by atoms with Crippen molar-refractivity contribution in [1.82, 2.24) is 0 Å². The predicted molar refractivity (Wildman–Crippen MR) is 156 cm³/mol. The van der Waals surface area contributed by atoms with E-state index < -0.39 is 11.9 Å². The lowest BCUT2D eigenvalue weighted by atomic mass is 9.83. The highest BCUT2D eigenvalue weighted by Crippen LogP contribution is 2.45. The number of nitrogens with zero attached hydrogens (tertiary/aromatic N) is 1. The summed E-state index contributed by atoms with van der Waals surface area (Å²) < 4.78 is 36.7. The molecule has 0 saturated carbocycles. The van der Waals surface area contributed by atoms with E-state index in [-0.39, 0.29) is 29.6 Å². The van der Waals surface area contributed by atoms with Crippen molar-refractivity contribution in [3.63, 3.8) is 0 Å². The molecule has 210 valence electrons. The highest BCUT2D eigenvalue weighted by atomic mass is 35.5. The van der Waals surface area contributed by atoms with Crippen LogP contribution in [0.1, 0.15) is 28.2 Å². The molecule has 0 bridgehead atoms. The molecule has 42 heavy (non-hydrogen) atoms. The van der Waals surface area contributed by atoms with Gasteiger partial charge in [0.15, 0.2) is 11.5 Å². The molecule has 0 spiro atoms. The number of nitrogens with two attached hydrogens (primary N) is 1. The molecule has 4 aromatic rings. The fourth-order valence-electron chi connectivity index (χ4n) is 4.48. The van der Waals surface area contributed by atoms with Crippen molar-refractivity contribution in [3.05, 3.63) is 136 Å². The Morgan fingerprint density at radius 1 is 1.07 bits per heavy atom. The maximum atomic E-state index is 14.1. The van der Waals surface area contributed by atoms with Gasteiger partial charge in [-0.15, -0.1) is 0 Å². The van der Waals surface area contributed by atoms with Crippen molar-refractivity contribution >= 4 is 23.6 Å². The minimum atomic E-state index is -0.595. The number of halogens is 2. The Balaban J connectivity index is 1.39. The molecule has 1 unspecified atom stereocenters. The van der Waals surface area contributed by atoms with Gasteiger partial charge >= 0.3 is 5.97 Å². The third-order valence-electron chi connectivity index (χ3n) is 6.55. The lowest BCUT2D eigenvalue weighted by molar-refractivity contribution is -0.128. The number of benzene rings is 4. The van der Waals surface area contributed by atoms with E-state index in [1.54, 1.807) is 84.9 Å². The number of carbonyl (C=O) groups excluding carboxylic acids is 1. The molecule has 0 aromatic heterocycles. The first-order valence-electron chi connectivity index (χ1n) is 12.8. The number of allylic oxidation sites excluding steroid dienone is 1. The van der Waals surface area contributed by atoms with Gasteiger partial charge in [0.1, 0.15) is 35.6 Å². The Labute approximate surface area is 246 Å². The molecule has 1 heterocycles. The zero-order valence-corrected chi connectivity index (χ0v) is 23.1. The summed E-state index contributed by atoms with van der Waals surface area (Å²) in [5, 5.41) is 10.5. The van der Waals surface area contributed by atoms with Gasteiger partial charge in [-0.1, -0.05) is 54.1 Å². The van der Waals surface area contributed by atoms with Crippen LogP contribution in [0.25, 0.3) is 6.08 Å². The number of nitriles is 1. The van der Waals surface area contributed by atoms with Crippen molar-refractivity contribution < 1.29 is 28.1 Å². The van der Waals surface area contributed by atoms with Gasteiger partial charge in [0.05, 0.1) is 13.0 Å². The molecular weight excluding hydrogens is 559 g/mol. The molecular formula is C33H24ClFN2O5. The fourth-order valence-corrected chi connectivity index (χ4v) is 4.61. The molecule has 0 amide bonds. The van der Waals surface area contributed by atoms with Gasteiger partial charge in [-0.2, -0.15) is 5.26 Å². The van der Waals surface area contributed by atoms with Crippen LogP contribution in [0.2, 0.25) is 5.02 Å². The highest BCUT2D eigenvalue weighted by molar-refractivity contribution is 6.30. The number of methoxy groups -OCH3 is 1. The van der Waals surface area contributed by atoms with Crippen LogP contribution in [-0.2, 0) is 11.4 Å². The Bertz CT molecular complexity index is 1740. The van der Waals surface area contributed by atoms with Gasteiger partial charge < -0.3 is 24.7 Å². The molecule has 7 nitrogen and oxygen atoms in total. The van der Waals surface area contributed by atoms with Gasteiger partial charge in [-0.05, 0) is 53.6 Å². The average molecular weight is 583 g/mol. The molecule has 0 radical (unpaired) electrons. The van der Waals surface area contributed by atoms with E-state index in [9.17, 15) is 14.4 Å². The van der Waals surface area contributed by atoms with E-state index in [1.165, 1.54) is 19.3 Å². The van der Waals surface area contributed by atoms with Crippen molar-refractivity contribution in [2.75, 3.05) is 7.11 Å². The normalized spacial score (nSPS) is 14.1. The smallest absolute Gasteiger partial charge is 0.336 e. The number of carbonyl (C=O) groups is 1. The van der Waals surface area contributed by atoms with E-state index in [4.69, 9.17) is 36.3 Å². The predicted octanol–water partition coefficient (Wildman–Crippen LogP) is 6.90. The number of fused-ring (bicyclic) bond motifs is 1. The van der Waals surface area contributed by atoms with Gasteiger partial charge in [0.25, 0.3) is 0 Å². The van der Waals surface area contributed by atoms with Gasteiger partial charge in [-0.25, -0.2) is 9.18 Å². The molecule has 1 atom stereocenters. The Hall–Kier alpha value is -5.26. The first-order chi connectivity index (χ1) is 20.4. The molecule has 0 aliphatic carbocycles. The maximum absolute atomic E-state index is 14.1. The molecule has 0 fully saturated rings. The second kappa shape index (κ2) is 12.5. The van der Waals surface area contributed by atoms with E-state index in [1.807, 2.05) is 0 Å². The molecule has 4 aromatic carbocycles. The number of rotatable bonds is 8. The molecule has 9 heteroatoms. The van der Waals surface area contributed by atoms with Crippen LogP contribution in [0.15, 0.2) is 102 Å². The topological polar surface area (TPSA) is 104 Å². The summed E-state index contributed by atoms with van der Waals surface area (Å²) in [6.07, 6.45) is 2.91. The summed E-state index contributed by atoms with van der Waals surface area (Å²) in [7, 11) is 1.49.